The van der Waals surface area contributed by atoms with E-state index in [9.17, 15) is 4.79 Å². The molecule has 128 valence electrons. The first kappa shape index (κ1) is 16.9. The van der Waals surface area contributed by atoms with Gasteiger partial charge in [-0.2, -0.15) is 4.98 Å². The van der Waals surface area contributed by atoms with Gasteiger partial charge >= 0.3 is 6.03 Å². The lowest BCUT2D eigenvalue weighted by Gasteiger charge is -2.10. The fourth-order valence-corrected chi connectivity index (χ4v) is 2.71. The number of nitrogens with one attached hydrogen (secondary N) is 2. The summed E-state index contributed by atoms with van der Waals surface area (Å²) in [5.74, 6) is 0.950. The van der Waals surface area contributed by atoms with E-state index in [2.05, 4.69) is 20.8 Å². The molecular formula is C18H18N4O2S. The van der Waals surface area contributed by atoms with E-state index in [1.165, 1.54) is 0 Å². The van der Waals surface area contributed by atoms with Crippen molar-refractivity contribution in [2.75, 3.05) is 5.32 Å². The number of thiophene rings is 1. The van der Waals surface area contributed by atoms with Gasteiger partial charge in [0.1, 0.15) is 0 Å². The van der Waals surface area contributed by atoms with Gasteiger partial charge < -0.3 is 15.2 Å². The summed E-state index contributed by atoms with van der Waals surface area (Å²) in [6.45, 7) is 3.81. The number of hydrogen-bond donors (Lipinski definition) is 2. The molecule has 3 aromatic rings. The van der Waals surface area contributed by atoms with E-state index >= 15 is 0 Å². The minimum Gasteiger partial charge on any atom is -0.336 e. The lowest BCUT2D eigenvalue weighted by atomic mass is 10.2. The molecule has 7 heteroatoms. The molecule has 0 aliphatic carbocycles. The summed E-state index contributed by atoms with van der Waals surface area (Å²) in [6, 6.07) is 11.1. The van der Waals surface area contributed by atoms with E-state index < -0.39 is 0 Å². The lowest BCUT2D eigenvalue weighted by molar-refractivity contribution is 0.250. The molecule has 0 unspecified atom stereocenters. The molecule has 0 radical (unpaired) electrons. The maximum atomic E-state index is 11.7. The van der Waals surface area contributed by atoms with Crippen LogP contribution in [0.4, 0.5) is 10.5 Å². The van der Waals surface area contributed by atoms with E-state index in [1.807, 2.05) is 49.6 Å². The second kappa shape index (κ2) is 7.76. The third kappa shape index (κ3) is 4.77. The highest BCUT2D eigenvalue weighted by molar-refractivity contribution is 7.10. The number of aromatic nitrogens is 2. The van der Waals surface area contributed by atoms with Gasteiger partial charge in [0.2, 0.25) is 5.82 Å². The Balaban J connectivity index is 1.65. The van der Waals surface area contributed by atoms with Gasteiger partial charge in [0.25, 0.3) is 5.89 Å². The maximum Gasteiger partial charge on any atom is 0.319 e. The molecule has 2 aromatic heterocycles. The van der Waals surface area contributed by atoms with Crippen molar-refractivity contribution < 1.29 is 9.32 Å². The summed E-state index contributed by atoms with van der Waals surface area (Å²) in [5, 5.41) is 11.5. The zero-order valence-corrected chi connectivity index (χ0v) is 14.7. The molecule has 0 saturated carbocycles. The molecule has 3 rings (SSSR count). The number of carbonyl (C=O) groups is 1. The molecule has 0 fully saturated rings. The fraction of sp³-hybridized carbons (Fsp3) is 0.167. The van der Waals surface area contributed by atoms with Crippen LogP contribution in [0.1, 0.15) is 24.6 Å². The first-order chi connectivity index (χ1) is 12.1. The van der Waals surface area contributed by atoms with Crippen LogP contribution in [0.15, 0.2) is 46.3 Å². The Bertz CT molecular complexity index is 852. The van der Waals surface area contributed by atoms with E-state index in [0.717, 1.165) is 10.4 Å². The van der Waals surface area contributed by atoms with Gasteiger partial charge in [0.15, 0.2) is 0 Å². The van der Waals surface area contributed by atoms with Crippen molar-refractivity contribution in [1.82, 2.24) is 15.5 Å². The SMILES string of the molecule is CC(C)NC(=O)Nc1ccc(-c2noc(C=Cc3cccs3)n2)cc1. The largest absolute Gasteiger partial charge is 0.336 e. The van der Waals surface area contributed by atoms with Crippen LogP contribution in [0.2, 0.25) is 0 Å². The van der Waals surface area contributed by atoms with Crippen LogP contribution >= 0.6 is 11.3 Å². The zero-order valence-electron chi connectivity index (χ0n) is 13.9. The van der Waals surface area contributed by atoms with Gasteiger partial charge in [-0.15, -0.1) is 11.3 Å². The molecule has 0 aliphatic heterocycles. The first-order valence-corrected chi connectivity index (χ1v) is 8.71. The van der Waals surface area contributed by atoms with E-state index in [4.69, 9.17) is 4.52 Å². The minimum absolute atomic E-state index is 0.0826. The molecule has 2 heterocycles. The van der Waals surface area contributed by atoms with Gasteiger partial charge in [-0.3, -0.25) is 0 Å². The summed E-state index contributed by atoms with van der Waals surface area (Å²) in [7, 11) is 0. The van der Waals surface area contributed by atoms with Crippen molar-refractivity contribution >= 4 is 35.2 Å². The van der Waals surface area contributed by atoms with Crippen LogP contribution in [0.5, 0.6) is 0 Å². The fourth-order valence-electron chi connectivity index (χ4n) is 2.09. The molecule has 2 N–H and O–H groups in total. The van der Waals surface area contributed by atoms with Crippen molar-refractivity contribution in [3.63, 3.8) is 0 Å². The summed E-state index contributed by atoms with van der Waals surface area (Å²) in [5.41, 5.74) is 1.51. The van der Waals surface area contributed by atoms with Gasteiger partial charge in [0, 0.05) is 28.2 Å². The maximum absolute atomic E-state index is 11.7. The number of amides is 2. The Morgan fingerprint density at radius 1 is 1.20 bits per heavy atom. The molecule has 0 spiro atoms. The highest BCUT2D eigenvalue weighted by Crippen LogP contribution is 2.20. The van der Waals surface area contributed by atoms with Crippen LogP contribution in [0, 0.1) is 0 Å². The average molecular weight is 354 g/mol. The lowest BCUT2D eigenvalue weighted by Crippen LogP contribution is -2.34. The molecule has 2 amide bonds. The summed E-state index contributed by atoms with van der Waals surface area (Å²) >= 11 is 1.64. The zero-order chi connectivity index (χ0) is 17.6. The number of benzene rings is 1. The summed E-state index contributed by atoms with van der Waals surface area (Å²) < 4.78 is 5.23. The number of rotatable bonds is 5. The second-order valence-corrected chi connectivity index (χ2v) is 6.61. The summed E-state index contributed by atoms with van der Waals surface area (Å²) in [4.78, 5) is 17.2. The monoisotopic (exact) mass is 354 g/mol. The Morgan fingerprint density at radius 2 is 2.00 bits per heavy atom. The Labute approximate surface area is 149 Å². The third-order valence-corrected chi connectivity index (χ3v) is 4.03. The predicted molar refractivity (Wildman–Crippen MR) is 100 cm³/mol. The van der Waals surface area contributed by atoms with Crippen molar-refractivity contribution in [1.29, 1.82) is 0 Å². The number of anilines is 1. The van der Waals surface area contributed by atoms with Crippen molar-refractivity contribution in [2.45, 2.75) is 19.9 Å². The van der Waals surface area contributed by atoms with E-state index in [1.54, 1.807) is 29.5 Å². The molecule has 0 saturated heterocycles. The van der Waals surface area contributed by atoms with E-state index in [0.29, 0.717) is 17.4 Å². The first-order valence-electron chi connectivity index (χ1n) is 7.83. The molecule has 6 nitrogen and oxygen atoms in total. The van der Waals surface area contributed by atoms with Gasteiger partial charge in [-0.25, -0.2) is 4.79 Å². The van der Waals surface area contributed by atoms with Crippen molar-refractivity contribution in [3.05, 3.63) is 52.5 Å². The van der Waals surface area contributed by atoms with Crippen molar-refractivity contribution in [3.8, 4) is 11.4 Å². The van der Waals surface area contributed by atoms with Gasteiger partial charge in [0.05, 0.1) is 0 Å². The Morgan fingerprint density at radius 3 is 2.68 bits per heavy atom. The topological polar surface area (TPSA) is 80.0 Å². The minimum atomic E-state index is -0.233. The second-order valence-electron chi connectivity index (χ2n) is 5.64. The Kier molecular flexibility index (Phi) is 5.25. The molecule has 0 atom stereocenters. The van der Waals surface area contributed by atoms with Gasteiger partial charge in [-0.05, 0) is 55.6 Å². The highest BCUT2D eigenvalue weighted by atomic mass is 32.1. The summed E-state index contributed by atoms with van der Waals surface area (Å²) in [6.07, 6.45) is 3.72. The number of nitrogens with zero attached hydrogens (tertiary/aromatic N) is 2. The average Bonchev–Trinajstić information content (AvgIpc) is 3.24. The molecule has 1 aromatic carbocycles. The van der Waals surface area contributed by atoms with Gasteiger partial charge in [-0.1, -0.05) is 11.2 Å². The molecule has 25 heavy (non-hydrogen) atoms. The number of urea groups is 1. The van der Waals surface area contributed by atoms with Crippen LogP contribution < -0.4 is 10.6 Å². The number of hydrogen-bond acceptors (Lipinski definition) is 5. The van der Waals surface area contributed by atoms with Crippen LogP contribution in [-0.4, -0.2) is 22.2 Å². The normalized spacial score (nSPS) is 11.2. The van der Waals surface area contributed by atoms with Crippen LogP contribution in [0.25, 0.3) is 23.5 Å². The molecule has 0 bridgehead atoms. The molecular weight excluding hydrogens is 336 g/mol. The molecule has 0 aliphatic rings. The quantitative estimate of drug-likeness (QED) is 0.707. The van der Waals surface area contributed by atoms with E-state index in [-0.39, 0.29) is 12.1 Å². The highest BCUT2D eigenvalue weighted by Gasteiger charge is 2.08. The standard InChI is InChI=1S/C18H18N4O2S/c1-12(2)19-18(23)20-14-7-5-13(6-8-14)17-21-16(24-22-17)10-9-15-4-3-11-25-15/h3-12H,1-2H3,(H2,19,20,23). The Hall–Kier alpha value is -2.93. The van der Waals surface area contributed by atoms with Crippen molar-refractivity contribution in [2.24, 2.45) is 0 Å². The predicted octanol–water partition coefficient (Wildman–Crippen LogP) is 4.50. The van der Waals surface area contributed by atoms with Crippen LogP contribution in [0.3, 0.4) is 0 Å². The smallest absolute Gasteiger partial charge is 0.319 e. The number of carbonyl (C=O) groups excluding carboxylic acids is 1. The van der Waals surface area contributed by atoms with Crippen LogP contribution in [-0.2, 0) is 0 Å². The third-order valence-electron chi connectivity index (χ3n) is 3.20.